The van der Waals surface area contributed by atoms with Gasteiger partial charge in [-0.05, 0) is 30.0 Å². The standard InChI is InChI=1S/C13H18N2O2/c1-8(2)7-11-9(12(14)16)5-4-6-10(11)13(17)15-3/h4-6,8H,7H2,1-3H3,(H2,14,16)(H,15,17). The van der Waals surface area contributed by atoms with E-state index in [1.165, 1.54) is 0 Å². The Balaban J connectivity index is 3.33. The largest absolute Gasteiger partial charge is 0.366 e. The van der Waals surface area contributed by atoms with E-state index in [4.69, 9.17) is 5.73 Å². The van der Waals surface area contributed by atoms with Crippen LogP contribution in [0.15, 0.2) is 18.2 Å². The first-order valence-electron chi connectivity index (χ1n) is 5.61. The number of carbonyl (C=O) groups excluding carboxylic acids is 2. The van der Waals surface area contributed by atoms with Gasteiger partial charge in [0.1, 0.15) is 0 Å². The monoisotopic (exact) mass is 234 g/mol. The van der Waals surface area contributed by atoms with Crippen molar-refractivity contribution in [1.29, 1.82) is 0 Å². The maximum atomic E-state index is 11.7. The van der Waals surface area contributed by atoms with Gasteiger partial charge in [-0.25, -0.2) is 0 Å². The van der Waals surface area contributed by atoms with E-state index >= 15 is 0 Å². The highest BCUT2D eigenvalue weighted by atomic mass is 16.2. The first-order valence-corrected chi connectivity index (χ1v) is 5.61. The Hall–Kier alpha value is -1.84. The minimum absolute atomic E-state index is 0.191. The zero-order valence-electron chi connectivity index (χ0n) is 10.4. The SMILES string of the molecule is CNC(=O)c1cccc(C(N)=O)c1CC(C)C. The molecule has 0 aliphatic heterocycles. The molecule has 1 rings (SSSR count). The summed E-state index contributed by atoms with van der Waals surface area (Å²) in [5.74, 6) is -0.339. The van der Waals surface area contributed by atoms with Gasteiger partial charge >= 0.3 is 0 Å². The third-order valence-corrected chi connectivity index (χ3v) is 2.53. The fraction of sp³-hybridized carbons (Fsp3) is 0.385. The molecule has 92 valence electrons. The van der Waals surface area contributed by atoms with Crippen LogP contribution in [0.5, 0.6) is 0 Å². The highest BCUT2D eigenvalue weighted by molar-refractivity contribution is 6.01. The molecule has 0 radical (unpaired) electrons. The molecular formula is C13H18N2O2. The number of carbonyl (C=O) groups is 2. The molecule has 1 aromatic carbocycles. The van der Waals surface area contributed by atoms with Crippen molar-refractivity contribution < 1.29 is 9.59 Å². The van der Waals surface area contributed by atoms with Crippen LogP contribution >= 0.6 is 0 Å². The van der Waals surface area contributed by atoms with Crippen LogP contribution in [0, 0.1) is 5.92 Å². The number of nitrogens with two attached hydrogens (primary N) is 1. The van der Waals surface area contributed by atoms with E-state index in [0.717, 1.165) is 5.56 Å². The normalized spacial score (nSPS) is 10.4. The summed E-state index contributed by atoms with van der Waals surface area (Å²) in [5, 5.41) is 2.57. The van der Waals surface area contributed by atoms with Crippen LogP contribution in [0.4, 0.5) is 0 Å². The molecule has 0 bridgehead atoms. The molecule has 0 aromatic heterocycles. The molecule has 0 unspecified atom stereocenters. The minimum Gasteiger partial charge on any atom is -0.366 e. The first-order chi connectivity index (χ1) is 7.97. The van der Waals surface area contributed by atoms with E-state index in [1.54, 1.807) is 25.2 Å². The van der Waals surface area contributed by atoms with E-state index < -0.39 is 5.91 Å². The summed E-state index contributed by atoms with van der Waals surface area (Å²) in [4.78, 5) is 23.1. The highest BCUT2D eigenvalue weighted by Gasteiger charge is 2.17. The predicted molar refractivity (Wildman–Crippen MR) is 66.9 cm³/mol. The Kier molecular flexibility index (Phi) is 4.26. The molecule has 1 aromatic rings. The Labute approximate surface area is 101 Å². The maximum Gasteiger partial charge on any atom is 0.251 e. The fourth-order valence-electron chi connectivity index (χ4n) is 1.79. The second-order valence-electron chi connectivity index (χ2n) is 4.37. The molecular weight excluding hydrogens is 216 g/mol. The number of nitrogens with one attached hydrogen (secondary N) is 1. The van der Waals surface area contributed by atoms with Crippen molar-refractivity contribution in [2.24, 2.45) is 11.7 Å². The third kappa shape index (κ3) is 3.06. The third-order valence-electron chi connectivity index (χ3n) is 2.53. The van der Waals surface area contributed by atoms with Crippen LogP contribution in [0.25, 0.3) is 0 Å². The molecule has 0 spiro atoms. The summed E-state index contributed by atoms with van der Waals surface area (Å²) in [6.45, 7) is 4.07. The number of primary amides is 1. The number of rotatable bonds is 4. The zero-order valence-corrected chi connectivity index (χ0v) is 10.4. The van der Waals surface area contributed by atoms with Crippen LogP contribution in [-0.2, 0) is 6.42 Å². The molecule has 17 heavy (non-hydrogen) atoms. The zero-order chi connectivity index (χ0) is 13.0. The van der Waals surface area contributed by atoms with Crippen molar-refractivity contribution in [2.45, 2.75) is 20.3 Å². The molecule has 0 atom stereocenters. The van der Waals surface area contributed by atoms with E-state index in [2.05, 4.69) is 5.32 Å². The van der Waals surface area contributed by atoms with Crippen LogP contribution in [-0.4, -0.2) is 18.9 Å². The molecule has 4 nitrogen and oxygen atoms in total. The highest BCUT2D eigenvalue weighted by Crippen LogP contribution is 2.19. The molecule has 0 aliphatic rings. The van der Waals surface area contributed by atoms with E-state index in [9.17, 15) is 9.59 Å². The molecule has 2 amide bonds. The lowest BCUT2D eigenvalue weighted by Gasteiger charge is -2.14. The van der Waals surface area contributed by atoms with Gasteiger partial charge in [-0.2, -0.15) is 0 Å². The molecule has 0 aliphatic carbocycles. The summed E-state index contributed by atoms with van der Waals surface area (Å²) in [5.41, 5.74) is 7.02. The van der Waals surface area contributed by atoms with Crippen LogP contribution in [0.1, 0.15) is 40.1 Å². The van der Waals surface area contributed by atoms with Crippen molar-refractivity contribution in [2.75, 3.05) is 7.05 Å². The number of benzene rings is 1. The number of hydrogen-bond acceptors (Lipinski definition) is 2. The van der Waals surface area contributed by atoms with Gasteiger partial charge in [-0.1, -0.05) is 19.9 Å². The van der Waals surface area contributed by atoms with E-state index in [-0.39, 0.29) is 5.91 Å². The van der Waals surface area contributed by atoms with Gasteiger partial charge in [-0.15, -0.1) is 0 Å². The fourth-order valence-corrected chi connectivity index (χ4v) is 1.79. The van der Waals surface area contributed by atoms with Gasteiger partial charge in [-0.3, -0.25) is 9.59 Å². The Morgan fingerprint density at radius 1 is 1.29 bits per heavy atom. The minimum atomic E-state index is -0.494. The smallest absolute Gasteiger partial charge is 0.251 e. The summed E-state index contributed by atoms with van der Waals surface area (Å²) < 4.78 is 0. The molecule has 3 N–H and O–H groups in total. The Morgan fingerprint density at radius 2 is 1.88 bits per heavy atom. The van der Waals surface area contributed by atoms with Crippen molar-refractivity contribution >= 4 is 11.8 Å². The summed E-state index contributed by atoms with van der Waals surface area (Å²) in [6.07, 6.45) is 0.655. The number of hydrogen-bond donors (Lipinski definition) is 2. The average Bonchev–Trinajstić information content (AvgIpc) is 2.27. The van der Waals surface area contributed by atoms with E-state index in [0.29, 0.717) is 23.5 Å². The molecule has 0 heterocycles. The molecule has 4 heteroatoms. The van der Waals surface area contributed by atoms with Crippen molar-refractivity contribution in [3.05, 3.63) is 34.9 Å². The average molecular weight is 234 g/mol. The molecule has 0 saturated carbocycles. The summed E-state index contributed by atoms with van der Waals surface area (Å²) in [7, 11) is 1.57. The van der Waals surface area contributed by atoms with Gasteiger partial charge < -0.3 is 11.1 Å². The lowest BCUT2D eigenvalue weighted by atomic mass is 9.92. The quantitative estimate of drug-likeness (QED) is 0.825. The molecule has 0 fully saturated rings. The second-order valence-corrected chi connectivity index (χ2v) is 4.37. The van der Waals surface area contributed by atoms with Crippen LogP contribution in [0.3, 0.4) is 0 Å². The van der Waals surface area contributed by atoms with Crippen molar-refractivity contribution in [3.63, 3.8) is 0 Å². The maximum absolute atomic E-state index is 11.7. The Morgan fingerprint density at radius 3 is 2.35 bits per heavy atom. The topological polar surface area (TPSA) is 72.2 Å². The van der Waals surface area contributed by atoms with Gasteiger partial charge in [0.15, 0.2) is 0 Å². The first kappa shape index (κ1) is 13.2. The Bertz CT molecular complexity index is 439. The van der Waals surface area contributed by atoms with Crippen LogP contribution in [0.2, 0.25) is 0 Å². The number of amides is 2. The lowest BCUT2D eigenvalue weighted by molar-refractivity contribution is 0.0962. The summed E-state index contributed by atoms with van der Waals surface area (Å²) >= 11 is 0. The van der Waals surface area contributed by atoms with E-state index in [1.807, 2.05) is 13.8 Å². The van der Waals surface area contributed by atoms with Crippen molar-refractivity contribution in [1.82, 2.24) is 5.32 Å². The molecule has 0 saturated heterocycles. The van der Waals surface area contributed by atoms with Gasteiger partial charge in [0.25, 0.3) is 5.91 Å². The van der Waals surface area contributed by atoms with Gasteiger partial charge in [0, 0.05) is 18.2 Å². The van der Waals surface area contributed by atoms with Gasteiger partial charge in [0.05, 0.1) is 0 Å². The van der Waals surface area contributed by atoms with Crippen LogP contribution < -0.4 is 11.1 Å². The lowest BCUT2D eigenvalue weighted by Crippen LogP contribution is -2.23. The predicted octanol–water partition coefficient (Wildman–Crippen LogP) is 1.34. The van der Waals surface area contributed by atoms with Crippen molar-refractivity contribution in [3.8, 4) is 0 Å². The second kappa shape index (κ2) is 5.48. The van der Waals surface area contributed by atoms with Gasteiger partial charge in [0.2, 0.25) is 5.91 Å². The summed E-state index contributed by atoms with van der Waals surface area (Å²) in [6, 6.07) is 5.05.